The van der Waals surface area contributed by atoms with E-state index in [0.29, 0.717) is 19.3 Å². The van der Waals surface area contributed by atoms with Gasteiger partial charge < -0.3 is 24.6 Å². The minimum atomic E-state index is -4.63. The van der Waals surface area contributed by atoms with Gasteiger partial charge in [-0.2, -0.15) is 0 Å². The van der Waals surface area contributed by atoms with Crippen molar-refractivity contribution in [1.82, 2.24) is 0 Å². The molecule has 358 valence electrons. The SMILES string of the molecule is CCCCCCCC/C=C/CCCCCCCCCCCCCC(=O)OC[C@H](COP(=O)(O)OC[C@@H](O)CO)OC(=O)CCC/C=C/C/C=C/CCCCCCCCCCC. The number of hydrogen-bond acceptors (Lipinski definition) is 9. The molecule has 0 saturated carbocycles. The number of allylic oxidation sites excluding steroid dienone is 6. The van der Waals surface area contributed by atoms with Gasteiger partial charge in [-0.05, 0) is 64.2 Å². The third-order valence-corrected chi connectivity index (χ3v) is 11.7. The smallest absolute Gasteiger partial charge is 0.462 e. The molecule has 0 saturated heterocycles. The number of phosphoric ester groups is 1. The van der Waals surface area contributed by atoms with Crippen molar-refractivity contribution < 1.29 is 47.8 Å². The van der Waals surface area contributed by atoms with Gasteiger partial charge >= 0.3 is 19.8 Å². The first kappa shape index (κ1) is 59.2. The maximum Gasteiger partial charge on any atom is 0.472 e. The lowest BCUT2D eigenvalue weighted by Crippen LogP contribution is -2.29. The van der Waals surface area contributed by atoms with Crippen molar-refractivity contribution in [3.05, 3.63) is 36.5 Å². The van der Waals surface area contributed by atoms with Crippen LogP contribution in [0.2, 0.25) is 0 Å². The average molecular weight is 885 g/mol. The zero-order valence-corrected chi connectivity index (χ0v) is 40.0. The molecule has 61 heavy (non-hydrogen) atoms. The summed E-state index contributed by atoms with van der Waals surface area (Å²) in [4.78, 5) is 35.1. The molecule has 0 aliphatic carbocycles. The van der Waals surface area contributed by atoms with Gasteiger partial charge in [-0.25, -0.2) is 4.57 Å². The van der Waals surface area contributed by atoms with Gasteiger partial charge in [-0.3, -0.25) is 18.6 Å². The third-order valence-electron chi connectivity index (χ3n) is 10.8. The van der Waals surface area contributed by atoms with Crippen molar-refractivity contribution in [2.24, 2.45) is 0 Å². The van der Waals surface area contributed by atoms with Crippen molar-refractivity contribution in [1.29, 1.82) is 0 Å². The van der Waals surface area contributed by atoms with E-state index in [4.69, 9.17) is 23.6 Å². The van der Waals surface area contributed by atoms with Crippen molar-refractivity contribution in [2.45, 2.75) is 244 Å². The predicted octanol–water partition coefficient (Wildman–Crippen LogP) is 13.9. The first-order chi connectivity index (χ1) is 29.7. The predicted molar refractivity (Wildman–Crippen MR) is 251 cm³/mol. The first-order valence-electron chi connectivity index (χ1n) is 24.9. The van der Waals surface area contributed by atoms with Gasteiger partial charge in [0.25, 0.3) is 0 Å². The quantitative estimate of drug-likeness (QED) is 0.0233. The fraction of sp³-hybridized carbons (Fsp3) is 0.840. The van der Waals surface area contributed by atoms with Crippen molar-refractivity contribution >= 4 is 19.8 Å². The maximum atomic E-state index is 12.6. The molecule has 0 amide bonds. The van der Waals surface area contributed by atoms with E-state index in [1.807, 2.05) is 6.08 Å². The second-order valence-corrected chi connectivity index (χ2v) is 18.3. The Labute approximate surface area is 373 Å². The van der Waals surface area contributed by atoms with E-state index in [1.165, 1.54) is 154 Å². The Kier molecular flexibility index (Phi) is 44.8. The Morgan fingerprint density at radius 1 is 0.492 bits per heavy atom. The van der Waals surface area contributed by atoms with Crippen molar-refractivity contribution in [3.8, 4) is 0 Å². The fourth-order valence-electron chi connectivity index (χ4n) is 6.91. The number of ether oxygens (including phenoxy) is 2. The van der Waals surface area contributed by atoms with Gasteiger partial charge in [0.2, 0.25) is 0 Å². The molecule has 0 bridgehead atoms. The monoisotopic (exact) mass is 885 g/mol. The van der Waals surface area contributed by atoms with E-state index >= 15 is 0 Å². The highest BCUT2D eigenvalue weighted by molar-refractivity contribution is 7.47. The number of carbonyl (C=O) groups excluding carboxylic acids is 2. The highest BCUT2D eigenvalue weighted by atomic mass is 31.2. The molecule has 0 heterocycles. The standard InChI is InChI=1S/C50H93O10P/c1-3-5-7-9-11-13-15-17-19-21-22-23-24-26-27-29-31-33-35-37-39-41-49(53)57-45-48(46-59-61(55,56)58-44-47(52)43-51)60-50(54)42-40-38-36-34-32-30-28-25-20-18-16-14-12-10-8-6-4-2/h17,19,28,30,34,36,47-48,51-52H,3-16,18,20-27,29,31-33,35,37-46H2,1-2H3,(H,55,56)/b19-17+,30-28+,36-34+/t47-,48+/m0/s1. The van der Waals surface area contributed by atoms with Gasteiger partial charge in [-0.1, -0.05) is 192 Å². The number of aliphatic hydroxyl groups excluding tert-OH is 2. The van der Waals surface area contributed by atoms with Crippen LogP contribution in [-0.4, -0.2) is 65.7 Å². The molecule has 10 nitrogen and oxygen atoms in total. The molecule has 0 aromatic carbocycles. The Morgan fingerprint density at radius 3 is 1.33 bits per heavy atom. The molecule has 11 heteroatoms. The number of rotatable bonds is 47. The van der Waals surface area contributed by atoms with Crippen LogP contribution in [0.1, 0.15) is 232 Å². The topological polar surface area (TPSA) is 149 Å². The molecule has 0 aromatic rings. The largest absolute Gasteiger partial charge is 0.472 e. The number of phosphoric acid groups is 1. The van der Waals surface area contributed by atoms with Gasteiger partial charge in [0.05, 0.1) is 19.8 Å². The zero-order chi connectivity index (χ0) is 44.8. The molecule has 0 spiro atoms. The third kappa shape index (κ3) is 46.0. The van der Waals surface area contributed by atoms with Crippen LogP contribution in [0.4, 0.5) is 0 Å². The number of aliphatic hydroxyl groups is 2. The second kappa shape index (κ2) is 46.2. The molecule has 0 radical (unpaired) electrons. The van der Waals surface area contributed by atoms with Crippen LogP contribution in [0, 0.1) is 0 Å². The molecule has 3 atom stereocenters. The normalized spacial score (nSPS) is 14.0. The van der Waals surface area contributed by atoms with Crippen LogP contribution in [0.15, 0.2) is 36.5 Å². The molecule has 0 aromatic heterocycles. The summed E-state index contributed by atoms with van der Waals surface area (Å²) in [6.07, 6.45) is 49.8. The average Bonchev–Trinajstić information content (AvgIpc) is 3.25. The fourth-order valence-corrected chi connectivity index (χ4v) is 7.70. The van der Waals surface area contributed by atoms with E-state index in [-0.39, 0.29) is 19.4 Å². The molecule has 1 unspecified atom stereocenters. The number of hydrogen-bond donors (Lipinski definition) is 3. The van der Waals surface area contributed by atoms with E-state index in [0.717, 1.165) is 32.1 Å². The molecule has 3 N–H and O–H groups in total. The summed E-state index contributed by atoms with van der Waals surface area (Å²) in [6.45, 7) is 2.36. The Hall–Kier alpha value is -1.81. The summed E-state index contributed by atoms with van der Waals surface area (Å²) < 4.78 is 32.8. The van der Waals surface area contributed by atoms with E-state index in [2.05, 4.69) is 44.2 Å². The Morgan fingerprint density at radius 2 is 0.869 bits per heavy atom. The summed E-state index contributed by atoms with van der Waals surface area (Å²) in [5, 5.41) is 18.4. The van der Waals surface area contributed by atoms with Crippen LogP contribution in [-0.2, 0) is 32.7 Å². The minimum absolute atomic E-state index is 0.121. The van der Waals surface area contributed by atoms with Crippen LogP contribution in [0.3, 0.4) is 0 Å². The summed E-state index contributed by atoms with van der Waals surface area (Å²) >= 11 is 0. The van der Waals surface area contributed by atoms with Gasteiger partial charge in [-0.15, -0.1) is 0 Å². The lowest BCUT2D eigenvalue weighted by atomic mass is 10.0. The molecule has 0 fully saturated rings. The van der Waals surface area contributed by atoms with E-state index in [9.17, 15) is 24.2 Å². The Bertz CT molecular complexity index is 1110. The molecular weight excluding hydrogens is 792 g/mol. The number of unbranched alkanes of at least 4 members (excludes halogenated alkanes) is 27. The van der Waals surface area contributed by atoms with Crippen LogP contribution >= 0.6 is 7.82 Å². The summed E-state index contributed by atoms with van der Waals surface area (Å²) in [7, 11) is -4.63. The van der Waals surface area contributed by atoms with Crippen molar-refractivity contribution in [3.63, 3.8) is 0 Å². The highest BCUT2D eigenvalue weighted by Crippen LogP contribution is 2.43. The molecule has 0 rings (SSSR count). The molecule has 0 aliphatic heterocycles. The number of esters is 2. The molecular formula is C50H93O10P. The molecule has 0 aliphatic rings. The highest BCUT2D eigenvalue weighted by Gasteiger charge is 2.27. The summed E-state index contributed by atoms with van der Waals surface area (Å²) in [6, 6.07) is 0. The Balaban J connectivity index is 4.23. The van der Waals surface area contributed by atoms with Crippen LogP contribution < -0.4 is 0 Å². The lowest BCUT2D eigenvalue weighted by Gasteiger charge is -2.20. The first-order valence-corrected chi connectivity index (χ1v) is 26.4. The lowest BCUT2D eigenvalue weighted by molar-refractivity contribution is -0.161. The van der Waals surface area contributed by atoms with Crippen molar-refractivity contribution in [2.75, 3.05) is 26.4 Å². The van der Waals surface area contributed by atoms with Gasteiger partial charge in [0, 0.05) is 12.8 Å². The van der Waals surface area contributed by atoms with E-state index in [1.54, 1.807) is 0 Å². The van der Waals surface area contributed by atoms with Crippen LogP contribution in [0.25, 0.3) is 0 Å². The second-order valence-electron chi connectivity index (χ2n) is 16.8. The number of carbonyl (C=O) groups is 2. The zero-order valence-electron chi connectivity index (χ0n) is 39.1. The summed E-state index contributed by atoms with van der Waals surface area (Å²) in [5.74, 6) is -0.971. The van der Waals surface area contributed by atoms with E-state index < -0.39 is 51.8 Å². The van der Waals surface area contributed by atoms with Gasteiger partial charge in [0.15, 0.2) is 6.10 Å². The van der Waals surface area contributed by atoms with Gasteiger partial charge in [0.1, 0.15) is 12.7 Å². The maximum absolute atomic E-state index is 12.6. The van der Waals surface area contributed by atoms with Crippen LogP contribution in [0.5, 0.6) is 0 Å². The summed E-state index contributed by atoms with van der Waals surface area (Å²) in [5.41, 5.74) is 0. The minimum Gasteiger partial charge on any atom is -0.462 e.